The molecule has 11 heteroatoms. The number of hydrogen-bond acceptors (Lipinski definition) is 8. The lowest BCUT2D eigenvalue weighted by molar-refractivity contribution is 0.514. The smallest absolute Gasteiger partial charge is 0.178 e. The lowest BCUT2D eigenvalue weighted by atomic mass is 10.1. The van der Waals surface area contributed by atoms with Gasteiger partial charge in [-0.1, -0.05) is 6.07 Å². The molecule has 0 atom stereocenters. The summed E-state index contributed by atoms with van der Waals surface area (Å²) in [4.78, 5) is 24.5. The summed E-state index contributed by atoms with van der Waals surface area (Å²) in [5.41, 5.74) is 11.3. The topological polar surface area (TPSA) is 125 Å². The molecule has 6 aromatic rings. The molecule has 0 aliphatic carbocycles. The first kappa shape index (κ1) is 20.2. The van der Waals surface area contributed by atoms with Gasteiger partial charge >= 0.3 is 0 Å². The Morgan fingerprint density at radius 1 is 1.09 bits per heavy atom. The number of fused-ring (bicyclic) bond motifs is 2. The SMILES string of the molecule is NC1CN(c2cncc(-c3ccc4[nH]nc(-c5nc6nccc(-c7ccc(F)s7)c6[nH]5)c4c3)n2)C1. The van der Waals surface area contributed by atoms with Crippen molar-refractivity contribution in [1.29, 1.82) is 0 Å². The van der Waals surface area contributed by atoms with Crippen molar-refractivity contribution in [2.24, 2.45) is 5.73 Å². The Kier molecular flexibility index (Phi) is 4.41. The van der Waals surface area contributed by atoms with Gasteiger partial charge < -0.3 is 15.6 Å². The first-order valence-corrected chi connectivity index (χ1v) is 11.9. The van der Waals surface area contributed by atoms with Crippen molar-refractivity contribution in [2.75, 3.05) is 18.0 Å². The average molecular weight is 484 g/mol. The number of nitrogens with zero attached hydrogens (tertiary/aromatic N) is 6. The molecular formula is C24H18FN9S. The summed E-state index contributed by atoms with van der Waals surface area (Å²) in [6, 6.07) is 11.2. The van der Waals surface area contributed by atoms with Gasteiger partial charge in [-0.3, -0.25) is 10.1 Å². The molecule has 7 rings (SSSR count). The largest absolute Gasteiger partial charge is 0.352 e. The van der Waals surface area contributed by atoms with E-state index in [9.17, 15) is 4.39 Å². The summed E-state index contributed by atoms with van der Waals surface area (Å²) >= 11 is 1.09. The molecule has 9 nitrogen and oxygen atoms in total. The monoisotopic (exact) mass is 483 g/mol. The van der Waals surface area contributed by atoms with Crippen LogP contribution in [0.2, 0.25) is 0 Å². The van der Waals surface area contributed by atoms with E-state index < -0.39 is 0 Å². The lowest BCUT2D eigenvalue weighted by Gasteiger charge is -2.37. The fraction of sp³-hybridized carbons (Fsp3) is 0.125. The minimum absolute atomic E-state index is 0.183. The summed E-state index contributed by atoms with van der Waals surface area (Å²) in [5.74, 6) is 1.40. The molecule has 35 heavy (non-hydrogen) atoms. The van der Waals surface area contributed by atoms with E-state index in [0.29, 0.717) is 17.2 Å². The molecule has 1 aliphatic heterocycles. The van der Waals surface area contributed by atoms with Crippen LogP contribution in [0.1, 0.15) is 0 Å². The number of halogens is 1. The molecule has 0 bridgehead atoms. The third-order valence-corrected chi connectivity index (χ3v) is 7.08. The molecule has 0 amide bonds. The van der Waals surface area contributed by atoms with Gasteiger partial charge in [0.25, 0.3) is 0 Å². The molecule has 1 aromatic carbocycles. The predicted molar refractivity (Wildman–Crippen MR) is 133 cm³/mol. The Hall–Kier alpha value is -4.22. The van der Waals surface area contributed by atoms with Crippen LogP contribution in [0.4, 0.5) is 10.2 Å². The van der Waals surface area contributed by atoms with Gasteiger partial charge in [-0.05, 0) is 30.3 Å². The number of hydrogen-bond donors (Lipinski definition) is 3. The van der Waals surface area contributed by atoms with Gasteiger partial charge in [0.15, 0.2) is 16.6 Å². The van der Waals surface area contributed by atoms with Crippen LogP contribution in [0.5, 0.6) is 0 Å². The van der Waals surface area contributed by atoms with Crippen molar-refractivity contribution in [3.63, 3.8) is 0 Å². The zero-order chi connectivity index (χ0) is 23.5. The molecule has 4 N–H and O–H groups in total. The minimum Gasteiger partial charge on any atom is -0.352 e. The van der Waals surface area contributed by atoms with Crippen LogP contribution in [0, 0.1) is 5.13 Å². The van der Waals surface area contributed by atoms with E-state index >= 15 is 0 Å². The second-order valence-electron chi connectivity index (χ2n) is 8.51. The van der Waals surface area contributed by atoms with Gasteiger partial charge in [0.2, 0.25) is 0 Å². The molecular weight excluding hydrogens is 465 g/mol. The molecule has 6 heterocycles. The Bertz CT molecular complexity index is 1710. The zero-order valence-electron chi connectivity index (χ0n) is 18.2. The van der Waals surface area contributed by atoms with Crippen molar-refractivity contribution in [3.05, 3.63) is 60.1 Å². The highest BCUT2D eigenvalue weighted by molar-refractivity contribution is 7.14. The fourth-order valence-corrected chi connectivity index (χ4v) is 5.15. The van der Waals surface area contributed by atoms with Gasteiger partial charge in [-0.25, -0.2) is 15.0 Å². The molecule has 1 fully saturated rings. The standard InChI is InChI=1S/C24H18FN9S/c25-19-4-3-18(35-19)14-5-6-28-23-21(14)30-24(31-23)22-15-7-12(1-2-16(15)32-33-22)17-8-27-9-20(29-17)34-10-13(26)11-34/h1-9,13H,10-11,26H2,(H,32,33)(H,28,30,31). The highest BCUT2D eigenvalue weighted by atomic mass is 32.1. The molecule has 1 saturated heterocycles. The highest BCUT2D eigenvalue weighted by Gasteiger charge is 2.25. The van der Waals surface area contributed by atoms with Crippen molar-refractivity contribution >= 4 is 39.2 Å². The van der Waals surface area contributed by atoms with Crippen molar-refractivity contribution in [2.45, 2.75) is 6.04 Å². The maximum atomic E-state index is 13.6. The molecule has 172 valence electrons. The number of nitrogens with one attached hydrogen (secondary N) is 2. The molecule has 0 radical (unpaired) electrons. The maximum absolute atomic E-state index is 13.6. The number of thiophene rings is 1. The average Bonchev–Trinajstić information content (AvgIpc) is 3.59. The third-order valence-electron chi connectivity index (χ3n) is 6.17. The molecule has 0 saturated carbocycles. The van der Waals surface area contributed by atoms with E-state index in [1.807, 2.05) is 24.3 Å². The lowest BCUT2D eigenvalue weighted by Crippen LogP contribution is -2.56. The summed E-state index contributed by atoms with van der Waals surface area (Å²) in [7, 11) is 0. The van der Waals surface area contributed by atoms with Crippen LogP contribution in [-0.2, 0) is 0 Å². The number of aromatic nitrogens is 7. The number of rotatable bonds is 4. The first-order valence-electron chi connectivity index (χ1n) is 11.0. The van der Waals surface area contributed by atoms with Crippen LogP contribution in [0.3, 0.4) is 0 Å². The minimum atomic E-state index is -0.236. The van der Waals surface area contributed by atoms with Crippen LogP contribution >= 0.6 is 11.3 Å². The second kappa shape index (κ2) is 7.65. The van der Waals surface area contributed by atoms with Crippen molar-refractivity contribution in [1.82, 2.24) is 35.1 Å². The van der Waals surface area contributed by atoms with Gasteiger partial charge in [0.1, 0.15) is 11.5 Å². The van der Waals surface area contributed by atoms with Crippen LogP contribution < -0.4 is 10.6 Å². The molecule has 0 spiro atoms. The number of pyridine rings is 1. The normalized spacial score (nSPS) is 14.2. The summed E-state index contributed by atoms with van der Waals surface area (Å²) in [6.45, 7) is 1.56. The first-order chi connectivity index (χ1) is 17.1. The van der Waals surface area contributed by atoms with Crippen LogP contribution in [-0.4, -0.2) is 54.2 Å². The van der Waals surface area contributed by atoms with E-state index in [2.05, 4.69) is 35.0 Å². The van der Waals surface area contributed by atoms with E-state index in [0.717, 1.165) is 68.4 Å². The number of benzene rings is 1. The fourth-order valence-electron chi connectivity index (χ4n) is 4.39. The Morgan fingerprint density at radius 2 is 2.00 bits per heavy atom. The van der Waals surface area contributed by atoms with Crippen molar-refractivity contribution < 1.29 is 4.39 Å². The van der Waals surface area contributed by atoms with Crippen molar-refractivity contribution in [3.8, 4) is 33.2 Å². The van der Waals surface area contributed by atoms with Gasteiger partial charge in [0, 0.05) is 46.7 Å². The maximum Gasteiger partial charge on any atom is 0.178 e. The highest BCUT2D eigenvalue weighted by Crippen LogP contribution is 2.34. The Labute approximate surface area is 201 Å². The van der Waals surface area contributed by atoms with E-state index in [1.165, 1.54) is 6.07 Å². The predicted octanol–water partition coefficient (Wildman–Crippen LogP) is 3.97. The number of anilines is 1. The van der Waals surface area contributed by atoms with Gasteiger partial charge in [-0.2, -0.15) is 9.49 Å². The third kappa shape index (κ3) is 3.35. The quantitative estimate of drug-likeness (QED) is 0.346. The van der Waals surface area contributed by atoms with E-state index in [1.54, 1.807) is 24.7 Å². The zero-order valence-corrected chi connectivity index (χ0v) is 19.1. The summed E-state index contributed by atoms with van der Waals surface area (Å²) in [6.07, 6.45) is 5.19. The van der Waals surface area contributed by atoms with Crippen LogP contribution in [0.15, 0.2) is 55.0 Å². The molecule has 5 aromatic heterocycles. The van der Waals surface area contributed by atoms with E-state index in [4.69, 9.17) is 10.7 Å². The molecule has 0 unspecified atom stereocenters. The molecule has 1 aliphatic rings. The van der Waals surface area contributed by atoms with Gasteiger partial charge in [0.05, 0.1) is 29.1 Å². The van der Waals surface area contributed by atoms with Crippen LogP contribution in [0.25, 0.3) is 55.3 Å². The number of H-pyrrole nitrogens is 2. The Morgan fingerprint density at radius 3 is 2.83 bits per heavy atom. The Balaban J connectivity index is 1.31. The number of nitrogens with two attached hydrogens (primary N) is 1. The summed E-state index contributed by atoms with van der Waals surface area (Å²) < 4.78 is 13.6. The van der Waals surface area contributed by atoms with E-state index in [-0.39, 0.29) is 11.2 Å². The number of aromatic amines is 2. The summed E-state index contributed by atoms with van der Waals surface area (Å²) in [5, 5.41) is 8.25. The second-order valence-corrected chi connectivity index (χ2v) is 9.54. The van der Waals surface area contributed by atoms with Gasteiger partial charge in [-0.15, -0.1) is 11.3 Å². The number of imidazole rings is 1.